The van der Waals surface area contributed by atoms with Crippen molar-refractivity contribution in [1.82, 2.24) is 0 Å². The summed E-state index contributed by atoms with van der Waals surface area (Å²) >= 11 is 0. The summed E-state index contributed by atoms with van der Waals surface area (Å²) in [7, 11) is 3.28. The molecule has 0 fully saturated rings. The van der Waals surface area contributed by atoms with Gasteiger partial charge in [0.15, 0.2) is 0 Å². The first-order chi connectivity index (χ1) is 5.54. The van der Waals surface area contributed by atoms with Crippen LogP contribution in [0.5, 0.6) is 0 Å². The average Bonchev–Trinajstić information content (AvgIpc) is 2.03. The minimum absolute atomic E-state index is 0.114. The van der Waals surface area contributed by atoms with Gasteiger partial charge in [0, 0.05) is 23.4 Å². The van der Waals surface area contributed by atoms with Crippen LogP contribution in [0.1, 0.15) is 0 Å². The van der Waals surface area contributed by atoms with Crippen molar-refractivity contribution in [3.8, 4) is 0 Å². The van der Waals surface area contributed by atoms with E-state index in [0.29, 0.717) is 0 Å². The molecule has 1 aromatic carbocycles. The lowest BCUT2D eigenvalue weighted by molar-refractivity contribution is 0.609. The zero-order valence-electron chi connectivity index (χ0n) is 6.41. The Morgan fingerprint density at radius 3 is 2.08 bits per heavy atom. The van der Waals surface area contributed by atoms with E-state index < -0.39 is 9.05 Å². The van der Waals surface area contributed by atoms with Gasteiger partial charge in [-0.3, -0.25) is 0 Å². The topological polar surface area (TPSA) is 46.2 Å². The summed E-state index contributed by atoms with van der Waals surface area (Å²) < 4.78 is 21.6. The molecule has 0 aliphatic heterocycles. The van der Waals surface area contributed by atoms with E-state index in [9.17, 15) is 8.42 Å². The number of hydrogen-bond donors (Lipinski definition) is 1. The lowest BCUT2D eigenvalue weighted by Gasteiger charge is -1.99. The van der Waals surface area contributed by atoms with Crippen LogP contribution in [-0.4, -0.2) is 15.5 Å². The van der Waals surface area contributed by atoms with Crippen LogP contribution < -0.4 is 5.32 Å². The molecular formula is C7H8ClNO2S. The van der Waals surface area contributed by atoms with E-state index in [1.54, 1.807) is 19.2 Å². The molecule has 1 N–H and O–H groups in total. The molecule has 0 saturated carbocycles. The van der Waals surface area contributed by atoms with E-state index in [0.717, 1.165) is 5.69 Å². The summed E-state index contributed by atoms with van der Waals surface area (Å²) in [6.45, 7) is 0. The van der Waals surface area contributed by atoms with Gasteiger partial charge in [-0.1, -0.05) is 0 Å². The van der Waals surface area contributed by atoms with Gasteiger partial charge in [-0.15, -0.1) is 0 Å². The molecule has 0 saturated heterocycles. The van der Waals surface area contributed by atoms with Crippen molar-refractivity contribution in [3.63, 3.8) is 0 Å². The minimum atomic E-state index is -3.58. The third-order valence-electron chi connectivity index (χ3n) is 1.42. The summed E-state index contributed by atoms with van der Waals surface area (Å²) in [5.74, 6) is 0. The maximum atomic E-state index is 10.8. The first-order valence-corrected chi connectivity index (χ1v) is 5.57. The number of halogens is 1. The Labute approximate surface area is 75.8 Å². The summed E-state index contributed by atoms with van der Waals surface area (Å²) in [5.41, 5.74) is 0.846. The van der Waals surface area contributed by atoms with E-state index >= 15 is 0 Å². The van der Waals surface area contributed by atoms with Crippen molar-refractivity contribution in [3.05, 3.63) is 24.3 Å². The third kappa shape index (κ3) is 2.12. The molecule has 12 heavy (non-hydrogen) atoms. The fourth-order valence-electron chi connectivity index (χ4n) is 0.784. The second kappa shape index (κ2) is 3.33. The highest BCUT2D eigenvalue weighted by Gasteiger charge is 2.07. The standard InChI is InChI=1S/C7H8ClNO2S/c1-9-6-2-4-7(5-3-6)12(8,10)11/h2-5,9H,1H3. The van der Waals surface area contributed by atoms with Crippen LogP contribution in [0, 0.1) is 0 Å². The van der Waals surface area contributed by atoms with Crippen LogP contribution in [0.4, 0.5) is 5.69 Å². The molecule has 3 nitrogen and oxygen atoms in total. The summed E-state index contributed by atoms with van der Waals surface area (Å²) in [6.07, 6.45) is 0. The van der Waals surface area contributed by atoms with Gasteiger partial charge in [0.1, 0.15) is 0 Å². The Bertz CT molecular complexity index is 357. The van der Waals surface area contributed by atoms with Crippen molar-refractivity contribution in [2.45, 2.75) is 4.90 Å². The van der Waals surface area contributed by atoms with Gasteiger partial charge in [-0.25, -0.2) is 8.42 Å². The van der Waals surface area contributed by atoms with Crippen LogP contribution in [0.2, 0.25) is 0 Å². The number of nitrogens with one attached hydrogen (secondary N) is 1. The number of rotatable bonds is 2. The molecule has 0 radical (unpaired) electrons. The third-order valence-corrected chi connectivity index (χ3v) is 2.79. The van der Waals surface area contributed by atoms with Crippen molar-refractivity contribution < 1.29 is 8.42 Å². The van der Waals surface area contributed by atoms with Crippen molar-refractivity contribution in [1.29, 1.82) is 0 Å². The quantitative estimate of drug-likeness (QED) is 0.747. The van der Waals surface area contributed by atoms with Gasteiger partial charge in [0.05, 0.1) is 4.90 Å². The van der Waals surface area contributed by atoms with E-state index in [2.05, 4.69) is 5.32 Å². The zero-order valence-corrected chi connectivity index (χ0v) is 7.98. The highest BCUT2D eigenvalue weighted by Crippen LogP contribution is 2.16. The largest absolute Gasteiger partial charge is 0.388 e. The van der Waals surface area contributed by atoms with Crippen molar-refractivity contribution in [2.24, 2.45) is 0 Å². The fourth-order valence-corrected chi connectivity index (χ4v) is 1.55. The van der Waals surface area contributed by atoms with E-state index in [1.165, 1.54) is 12.1 Å². The maximum Gasteiger partial charge on any atom is 0.261 e. The molecule has 0 bridgehead atoms. The van der Waals surface area contributed by atoms with Crippen LogP contribution in [0.25, 0.3) is 0 Å². The second-order valence-electron chi connectivity index (χ2n) is 2.21. The Kier molecular flexibility index (Phi) is 2.59. The number of benzene rings is 1. The highest BCUT2D eigenvalue weighted by molar-refractivity contribution is 8.13. The van der Waals surface area contributed by atoms with Gasteiger partial charge < -0.3 is 5.32 Å². The molecule has 5 heteroatoms. The maximum absolute atomic E-state index is 10.8. The number of anilines is 1. The molecule has 0 aliphatic rings. The van der Waals surface area contributed by atoms with Crippen LogP contribution in [-0.2, 0) is 9.05 Å². The van der Waals surface area contributed by atoms with E-state index in [4.69, 9.17) is 10.7 Å². The minimum Gasteiger partial charge on any atom is -0.388 e. The predicted octanol–water partition coefficient (Wildman–Crippen LogP) is 1.66. The lowest BCUT2D eigenvalue weighted by Crippen LogP contribution is -1.91. The first kappa shape index (κ1) is 9.35. The molecule has 0 heterocycles. The van der Waals surface area contributed by atoms with Crippen LogP contribution >= 0.6 is 10.7 Å². The molecule has 0 atom stereocenters. The van der Waals surface area contributed by atoms with Crippen LogP contribution in [0.3, 0.4) is 0 Å². The van der Waals surface area contributed by atoms with Crippen molar-refractivity contribution in [2.75, 3.05) is 12.4 Å². The first-order valence-electron chi connectivity index (χ1n) is 3.26. The molecule has 1 rings (SSSR count). The van der Waals surface area contributed by atoms with Gasteiger partial charge in [0.25, 0.3) is 9.05 Å². The van der Waals surface area contributed by atoms with Crippen molar-refractivity contribution >= 4 is 25.4 Å². The molecule has 0 aromatic heterocycles. The normalized spacial score (nSPS) is 11.2. The predicted molar refractivity (Wildman–Crippen MR) is 49.0 cm³/mol. The Morgan fingerprint density at radius 2 is 1.75 bits per heavy atom. The summed E-state index contributed by atoms with van der Waals surface area (Å²) in [5, 5.41) is 2.87. The zero-order chi connectivity index (χ0) is 9.19. The SMILES string of the molecule is CNc1ccc(S(=O)(=O)Cl)cc1. The summed E-state index contributed by atoms with van der Waals surface area (Å²) in [6, 6.07) is 6.20. The van der Waals surface area contributed by atoms with Gasteiger partial charge in [-0.2, -0.15) is 0 Å². The molecule has 0 aliphatic carbocycles. The van der Waals surface area contributed by atoms with E-state index in [1.807, 2.05) is 0 Å². The monoisotopic (exact) mass is 205 g/mol. The Balaban J connectivity index is 3.09. The number of hydrogen-bond acceptors (Lipinski definition) is 3. The van der Waals surface area contributed by atoms with Gasteiger partial charge in [-0.05, 0) is 24.3 Å². The molecule has 1 aromatic rings. The summed E-state index contributed by atoms with van der Waals surface area (Å²) in [4.78, 5) is 0.114. The molecule has 0 unspecified atom stereocenters. The average molecular weight is 206 g/mol. The molecule has 0 amide bonds. The van der Waals surface area contributed by atoms with E-state index in [-0.39, 0.29) is 4.90 Å². The molecule has 66 valence electrons. The fraction of sp³-hybridized carbons (Fsp3) is 0.143. The molecular weight excluding hydrogens is 198 g/mol. The van der Waals surface area contributed by atoms with Gasteiger partial charge in [0.2, 0.25) is 0 Å². The van der Waals surface area contributed by atoms with Crippen LogP contribution in [0.15, 0.2) is 29.2 Å². The Morgan fingerprint density at radius 1 is 1.25 bits per heavy atom. The lowest BCUT2D eigenvalue weighted by atomic mass is 10.3. The Hall–Kier alpha value is -0.740. The highest BCUT2D eigenvalue weighted by atomic mass is 35.7. The molecule has 0 spiro atoms. The van der Waals surface area contributed by atoms with Gasteiger partial charge >= 0.3 is 0 Å². The smallest absolute Gasteiger partial charge is 0.261 e. The second-order valence-corrected chi connectivity index (χ2v) is 4.78.